The van der Waals surface area contributed by atoms with Crippen molar-refractivity contribution in [1.29, 1.82) is 0 Å². The van der Waals surface area contributed by atoms with E-state index in [1.54, 1.807) is 38.1 Å². The first-order chi connectivity index (χ1) is 13.6. The number of carboxylic acid groups (broad SMARTS) is 1. The van der Waals surface area contributed by atoms with Crippen molar-refractivity contribution in [3.05, 3.63) is 35.9 Å². The quantitative estimate of drug-likeness (QED) is 0.259. The molecule has 1 aromatic rings. The largest absolute Gasteiger partial charge is 0.480 e. The van der Waals surface area contributed by atoms with Crippen molar-refractivity contribution in [2.75, 3.05) is 12.3 Å². The summed E-state index contributed by atoms with van der Waals surface area (Å²) in [5, 5.41) is 16.4. The lowest BCUT2D eigenvalue weighted by atomic mass is 10.0. The molecule has 1 aromatic carbocycles. The number of rotatable bonds is 11. The van der Waals surface area contributed by atoms with Crippen LogP contribution >= 0.6 is 12.6 Å². The minimum absolute atomic E-state index is 0.0937. The first kappa shape index (κ1) is 24.4. The van der Waals surface area contributed by atoms with Crippen LogP contribution in [-0.4, -0.2) is 59.2 Å². The van der Waals surface area contributed by atoms with Crippen LogP contribution in [0.25, 0.3) is 0 Å². The Hall–Kier alpha value is -2.59. The Morgan fingerprint density at radius 3 is 2.17 bits per heavy atom. The van der Waals surface area contributed by atoms with Gasteiger partial charge in [-0.25, -0.2) is 4.79 Å². The summed E-state index contributed by atoms with van der Waals surface area (Å²) in [5.41, 5.74) is 6.50. The normalized spacial score (nSPS) is 13.8. The van der Waals surface area contributed by atoms with Gasteiger partial charge >= 0.3 is 5.97 Å². The van der Waals surface area contributed by atoms with Gasteiger partial charge < -0.3 is 26.8 Å². The van der Waals surface area contributed by atoms with E-state index in [1.165, 1.54) is 0 Å². The van der Waals surface area contributed by atoms with Gasteiger partial charge in [0.15, 0.2) is 0 Å². The molecule has 0 saturated carbocycles. The molecule has 6 N–H and O–H groups in total. The second kappa shape index (κ2) is 12.1. The first-order valence-electron chi connectivity index (χ1n) is 9.16. The van der Waals surface area contributed by atoms with Gasteiger partial charge in [-0.1, -0.05) is 44.2 Å². The number of hydrogen-bond acceptors (Lipinski definition) is 6. The summed E-state index contributed by atoms with van der Waals surface area (Å²) in [6.45, 7) is 3.21. The van der Waals surface area contributed by atoms with E-state index < -0.39 is 41.8 Å². The lowest BCUT2D eigenvalue weighted by Gasteiger charge is -2.21. The number of thiol groups is 1. The minimum atomic E-state index is -1.23. The highest BCUT2D eigenvalue weighted by Crippen LogP contribution is 2.04. The Kier molecular flexibility index (Phi) is 10.2. The molecule has 0 fully saturated rings. The van der Waals surface area contributed by atoms with Crippen LogP contribution in [0.5, 0.6) is 0 Å². The third kappa shape index (κ3) is 8.53. The van der Waals surface area contributed by atoms with Crippen molar-refractivity contribution < 1.29 is 24.3 Å². The van der Waals surface area contributed by atoms with Crippen LogP contribution in [0.15, 0.2) is 30.3 Å². The molecule has 0 aliphatic heterocycles. The van der Waals surface area contributed by atoms with Gasteiger partial charge in [0.2, 0.25) is 17.7 Å². The van der Waals surface area contributed by atoms with Gasteiger partial charge in [0.05, 0.1) is 12.6 Å². The molecule has 0 aromatic heterocycles. The Labute approximate surface area is 175 Å². The van der Waals surface area contributed by atoms with Gasteiger partial charge in [-0.05, 0) is 11.5 Å². The molecule has 0 radical (unpaired) electrons. The molecule has 160 valence electrons. The standard InChI is InChI=1S/C19H28N4O5S/c1-11(2)16(20)18(26)21-9-15(24)22-13(8-12-6-4-3-5-7-12)17(25)23-14(10-29)19(27)28/h3-7,11,13-14,16,29H,8-10,20H2,1-2H3,(H,21,26)(H,22,24)(H,23,25)(H,27,28)/t13-,14-,16-/m0/s1. The van der Waals surface area contributed by atoms with Crippen LogP contribution < -0.4 is 21.7 Å². The summed E-state index contributed by atoms with van der Waals surface area (Å²) >= 11 is 3.92. The van der Waals surface area contributed by atoms with Crippen molar-refractivity contribution in [2.24, 2.45) is 11.7 Å². The van der Waals surface area contributed by atoms with Crippen molar-refractivity contribution in [3.8, 4) is 0 Å². The molecule has 0 unspecified atom stereocenters. The fraction of sp³-hybridized carbons (Fsp3) is 0.474. The maximum atomic E-state index is 12.6. The smallest absolute Gasteiger partial charge is 0.327 e. The van der Waals surface area contributed by atoms with Crippen molar-refractivity contribution >= 4 is 36.3 Å². The Morgan fingerprint density at radius 2 is 1.66 bits per heavy atom. The number of nitrogens with one attached hydrogen (secondary N) is 3. The van der Waals surface area contributed by atoms with E-state index in [1.807, 2.05) is 6.07 Å². The number of nitrogens with two attached hydrogens (primary N) is 1. The zero-order chi connectivity index (χ0) is 22.0. The minimum Gasteiger partial charge on any atom is -0.480 e. The van der Waals surface area contributed by atoms with Crippen LogP contribution in [0.2, 0.25) is 0 Å². The Balaban J connectivity index is 2.80. The van der Waals surface area contributed by atoms with Crippen LogP contribution in [0.3, 0.4) is 0 Å². The van der Waals surface area contributed by atoms with E-state index in [-0.39, 0.29) is 24.6 Å². The average molecular weight is 425 g/mol. The number of carbonyl (C=O) groups excluding carboxylic acids is 3. The highest BCUT2D eigenvalue weighted by Gasteiger charge is 2.26. The lowest BCUT2D eigenvalue weighted by molar-refractivity contribution is -0.141. The van der Waals surface area contributed by atoms with Crippen LogP contribution in [0, 0.1) is 5.92 Å². The highest BCUT2D eigenvalue weighted by atomic mass is 32.1. The van der Waals surface area contributed by atoms with Crippen molar-refractivity contribution in [1.82, 2.24) is 16.0 Å². The predicted octanol–water partition coefficient (Wildman–Crippen LogP) is -0.687. The van der Waals surface area contributed by atoms with Gasteiger partial charge in [-0.15, -0.1) is 0 Å². The average Bonchev–Trinajstić information content (AvgIpc) is 2.69. The monoisotopic (exact) mass is 424 g/mol. The zero-order valence-electron chi connectivity index (χ0n) is 16.4. The topological polar surface area (TPSA) is 151 Å². The van der Waals surface area contributed by atoms with Gasteiger partial charge in [0.25, 0.3) is 0 Å². The SMILES string of the molecule is CC(C)[C@H](N)C(=O)NCC(=O)N[C@@H](Cc1ccccc1)C(=O)N[C@@H](CS)C(=O)O. The Bertz CT molecular complexity index is 714. The summed E-state index contributed by atoms with van der Waals surface area (Å²) in [7, 11) is 0. The summed E-state index contributed by atoms with van der Waals surface area (Å²) in [5.74, 6) is -3.15. The molecule has 0 bridgehead atoms. The summed E-state index contributed by atoms with van der Waals surface area (Å²) in [6, 6.07) is 5.98. The van der Waals surface area contributed by atoms with Crippen LogP contribution in [0.1, 0.15) is 19.4 Å². The maximum Gasteiger partial charge on any atom is 0.327 e. The summed E-state index contributed by atoms with van der Waals surface area (Å²) in [4.78, 5) is 47.9. The first-order valence-corrected chi connectivity index (χ1v) is 9.79. The molecule has 3 atom stereocenters. The number of amides is 3. The van der Waals surface area contributed by atoms with Crippen LogP contribution in [0.4, 0.5) is 0 Å². The second-order valence-electron chi connectivity index (χ2n) is 6.88. The summed E-state index contributed by atoms with van der Waals surface area (Å²) < 4.78 is 0. The third-order valence-electron chi connectivity index (χ3n) is 4.18. The fourth-order valence-corrected chi connectivity index (χ4v) is 2.60. The summed E-state index contributed by atoms with van der Waals surface area (Å²) in [6.07, 6.45) is 0.150. The van der Waals surface area contributed by atoms with Gasteiger partial charge in [0.1, 0.15) is 12.1 Å². The van der Waals surface area contributed by atoms with Crippen molar-refractivity contribution in [3.63, 3.8) is 0 Å². The molecule has 1 rings (SSSR count). The van der Waals surface area contributed by atoms with Crippen molar-refractivity contribution in [2.45, 2.75) is 38.4 Å². The Morgan fingerprint density at radius 1 is 1.03 bits per heavy atom. The van der Waals surface area contributed by atoms with Gasteiger partial charge in [0, 0.05) is 12.2 Å². The number of benzene rings is 1. The van der Waals surface area contributed by atoms with E-state index in [0.717, 1.165) is 5.56 Å². The molecule has 10 heteroatoms. The van der Waals surface area contributed by atoms with E-state index >= 15 is 0 Å². The maximum absolute atomic E-state index is 12.6. The number of carbonyl (C=O) groups is 4. The van der Waals surface area contributed by atoms with Crippen LogP contribution in [-0.2, 0) is 25.6 Å². The molecule has 0 saturated heterocycles. The molecular weight excluding hydrogens is 396 g/mol. The molecule has 0 heterocycles. The van der Waals surface area contributed by atoms with E-state index in [0.29, 0.717) is 0 Å². The number of hydrogen-bond donors (Lipinski definition) is 6. The third-order valence-corrected chi connectivity index (χ3v) is 4.54. The zero-order valence-corrected chi connectivity index (χ0v) is 17.3. The molecule has 29 heavy (non-hydrogen) atoms. The number of carboxylic acids is 1. The van der Waals surface area contributed by atoms with E-state index in [4.69, 9.17) is 10.8 Å². The lowest BCUT2D eigenvalue weighted by Crippen LogP contribution is -2.55. The molecule has 9 nitrogen and oxygen atoms in total. The number of aliphatic carboxylic acids is 1. The highest BCUT2D eigenvalue weighted by molar-refractivity contribution is 7.80. The van der Waals surface area contributed by atoms with Gasteiger partial charge in [-0.3, -0.25) is 14.4 Å². The van der Waals surface area contributed by atoms with Gasteiger partial charge in [-0.2, -0.15) is 12.6 Å². The second-order valence-corrected chi connectivity index (χ2v) is 7.24. The molecule has 0 spiro atoms. The molecular formula is C19H28N4O5S. The molecule has 3 amide bonds. The van der Waals surface area contributed by atoms with E-state index in [2.05, 4.69) is 28.6 Å². The molecule has 0 aliphatic carbocycles. The predicted molar refractivity (Wildman–Crippen MR) is 111 cm³/mol. The fourth-order valence-electron chi connectivity index (χ4n) is 2.35. The van der Waals surface area contributed by atoms with E-state index in [9.17, 15) is 19.2 Å². The molecule has 0 aliphatic rings.